The number of epoxide rings is 1. The van der Waals surface area contributed by atoms with Gasteiger partial charge in [-0.3, -0.25) is 5.32 Å². The fourth-order valence-electron chi connectivity index (χ4n) is 1.62. The maximum absolute atomic E-state index is 5.23. The van der Waals surface area contributed by atoms with Crippen LogP contribution in [0.5, 0.6) is 0 Å². The van der Waals surface area contributed by atoms with Gasteiger partial charge >= 0.3 is 0 Å². The van der Waals surface area contributed by atoms with Crippen LogP contribution < -0.4 is 5.32 Å². The van der Waals surface area contributed by atoms with Gasteiger partial charge in [0.15, 0.2) is 0 Å². The van der Waals surface area contributed by atoms with Gasteiger partial charge in [-0.1, -0.05) is 0 Å². The van der Waals surface area contributed by atoms with Crippen molar-refractivity contribution in [1.82, 2.24) is 10.2 Å². The molecular weight excluding hydrogens is 128 g/mol. The molecule has 3 nitrogen and oxygen atoms in total. The summed E-state index contributed by atoms with van der Waals surface area (Å²) < 4.78 is 5.23. The van der Waals surface area contributed by atoms with Crippen LogP contribution in [0.1, 0.15) is 6.42 Å². The van der Waals surface area contributed by atoms with Crippen LogP contribution in [0.2, 0.25) is 0 Å². The number of hydrogen-bond donors (Lipinski definition) is 1. The van der Waals surface area contributed by atoms with Crippen molar-refractivity contribution in [3.8, 4) is 0 Å². The average molecular weight is 142 g/mol. The van der Waals surface area contributed by atoms with Gasteiger partial charge in [0, 0.05) is 12.6 Å². The maximum Gasteiger partial charge on any atom is 0.135 e. The van der Waals surface area contributed by atoms with Gasteiger partial charge in [0.2, 0.25) is 0 Å². The molecule has 0 aromatic rings. The fourth-order valence-corrected chi connectivity index (χ4v) is 1.62. The van der Waals surface area contributed by atoms with E-state index < -0.39 is 0 Å². The fraction of sp³-hybridized carbons (Fsp3) is 1.00. The van der Waals surface area contributed by atoms with Crippen molar-refractivity contribution in [3.05, 3.63) is 0 Å². The quantitative estimate of drug-likeness (QED) is 0.533. The molecule has 0 aliphatic carbocycles. The highest BCUT2D eigenvalue weighted by Crippen LogP contribution is 2.31. The Kier molecular flexibility index (Phi) is 1.44. The summed E-state index contributed by atoms with van der Waals surface area (Å²) in [6.45, 7) is 1.14. The Morgan fingerprint density at radius 2 is 2.40 bits per heavy atom. The van der Waals surface area contributed by atoms with Crippen LogP contribution in [0.25, 0.3) is 0 Å². The van der Waals surface area contributed by atoms with Crippen molar-refractivity contribution in [2.75, 3.05) is 20.6 Å². The second-order valence-corrected chi connectivity index (χ2v) is 3.46. The van der Waals surface area contributed by atoms with E-state index in [1.165, 1.54) is 6.42 Å². The van der Waals surface area contributed by atoms with E-state index >= 15 is 0 Å². The second kappa shape index (κ2) is 2.19. The number of likely N-dealkylation sites (N-methyl/N-ethyl adjacent to an activating group) is 1. The van der Waals surface area contributed by atoms with Crippen molar-refractivity contribution in [2.45, 2.75) is 24.8 Å². The molecule has 0 radical (unpaired) electrons. The van der Waals surface area contributed by atoms with E-state index in [0.29, 0.717) is 18.4 Å². The first-order chi connectivity index (χ1) is 4.75. The summed E-state index contributed by atoms with van der Waals surface area (Å²) in [5, 5.41) is 3.40. The Morgan fingerprint density at radius 3 is 2.90 bits per heavy atom. The number of rotatable bonds is 2. The van der Waals surface area contributed by atoms with E-state index in [1.54, 1.807) is 0 Å². The van der Waals surface area contributed by atoms with Crippen molar-refractivity contribution in [3.63, 3.8) is 0 Å². The van der Waals surface area contributed by atoms with Crippen molar-refractivity contribution >= 4 is 0 Å². The van der Waals surface area contributed by atoms with E-state index in [2.05, 4.69) is 24.3 Å². The molecule has 3 unspecified atom stereocenters. The zero-order valence-corrected chi connectivity index (χ0v) is 6.50. The molecule has 10 heavy (non-hydrogen) atoms. The summed E-state index contributed by atoms with van der Waals surface area (Å²) in [5.74, 6) is 0. The largest absolute Gasteiger partial charge is 0.353 e. The molecule has 0 bridgehead atoms. The third-order valence-corrected chi connectivity index (χ3v) is 2.08. The molecule has 0 saturated carbocycles. The molecule has 0 amide bonds. The van der Waals surface area contributed by atoms with E-state index in [0.717, 1.165) is 6.54 Å². The summed E-state index contributed by atoms with van der Waals surface area (Å²) in [7, 11) is 4.21. The Labute approximate surface area is 61.3 Å². The van der Waals surface area contributed by atoms with Crippen LogP contribution in [0.3, 0.4) is 0 Å². The minimum absolute atomic E-state index is 0.407. The zero-order chi connectivity index (χ0) is 7.14. The van der Waals surface area contributed by atoms with Gasteiger partial charge < -0.3 is 9.64 Å². The predicted octanol–water partition coefficient (Wildman–Crippen LogP) is -0.365. The molecule has 3 atom stereocenters. The molecule has 2 heterocycles. The van der Waals surface area contributed by atoms with Crippen molar-refractivity contribution < 1.29 is 4.74 Å². The molecule has 2 fully saturated rings. The molecule has 3 heteroatoms. The Hall–Kier alpha value is -0.120. The highest BCUT2D eigenvalue weighted by molar-refractivity contribution is 4.96. The van der Waals surface area contributed by atoms with Crippen molar-refractivity contribution in [2.24, 2.45) is 0 Å². The lowest BCUT2D eigenvalue weighted by Crippen LogP contribution is -2.35. The molecule has 58 valence electrons. The Morgan fingerprint density at radius 1 is 1.60 bits per heavy atom. The highest BCUT2D eigenvalue weighted by Gasteiger charge is 2.47. The summed E-state index contributed by atoms with van der Waals surface area (Å²) in [5.41, 5.74) is 0. The monoisotopic (exact) mass is 142 g/mol. The summed E-state index contributed by atoms with van der Waals surface area (Å²) in [4.78, 5) is 2.21. The molecule has 2 saturated heterocycles. The van der Waals surface area contributed by atoms with Gasteiger partial charge in [-0.25, -0.2) is 0 Å². The smallest absolute Gasteiger partial charge is 0.135 e. The van der Waals surface area contributed by atoms with Gasteiger partial charge in [-0.15, -0.1) is 0 Å². The first-order valence-electron chi connectivity index (χ1n) is 3.82. The first kappa shape index (κ1) is 6.58. The SMILES string of the molecule is CN(C)CC1CC2OC2N1. The minimum Gasteiger partial charge on any atom is -0.353 e. The second-order valence-electron chi connectivity index (χ2n) is 3.46. The van der Waals surface area contributed by atoms with Crippen LogP contribution >= 0.6 is 0 Å². The minimum atomic E-state index is 0.407. The highest BCUT2D eigenvalue weighted by atomic mass is 16.6. The average Bonchev–Trinajstić information content (AvgIpc) is 2.39. The Bertz CT molecular complexity index is 128. The summed E-state index contributed by atoms with van der Waals surface area (Å²) in [6, 6.07) is 0.666. The number of fused-ring (bicyclic) bond motifs is 1. The molecule has 0 aromatic heterocycles. The number of nitrogens with one attached hydrogen (secondary N) is 1. The molecule has 1 N–H and O–H groups in total. The van der Waals surface area contributed by atoms with E-state index in [9.17, 15) is 0 Å². The van der Waals surface area contributed by atoms with E-state index in [1.807, 2.05) is 0 Å². The molecule has 0 spiro atoms. The topological polar surface area (TPSA) is 27.8 Å². The maximum atomic E-state index is 5.23. The van der Waals surface area contributed by atoms with Gasteiger partial charge in [0.05, 0.1) is 0 Å². The number of ether oxygens (including phenoxy) is 1. The van der Waals surface area contributed by atoms with E-state index in [-0.39, 0.29) is 0 Å². The van der Waals surface area contributed by atoms with Crippen LogP contribution in [-0.2, 0) is 4.74 Å². The molecule has 2 aliphatic rings. The lowest BCUT2D eigenvalue weighted by Gasteiger charge is -2.17. The number of hydrogen-bond acceptors (Lipinski definition) is 3. The summed E-state index contributed by atoms with van der Waals surface area (Å²) in [6.07, 6.45) is 2.15. The zero-order valence-electron chi connectivity index (χ0n) is 6.50. The third-order valence-electron chi connectivity index (χ3n) is 2.08. The molecule has 2 aliphatic heterocycles. The van der Waals surface area contributed by atoms with Crippen LogP contribution in [0.4, 0.5) is 0 Å². The molecule has 2 rings (SSSR count). The van der Waals surface area contributed by atoms with Crippen LogP contribution in [-0.4, -0.2) is 43.9 Å². The van der Waals surface area contributed by atoms with Crippen molar-refractivity contribution in [1.29, 1.82) is 0 Å². The third kappa shape index (κ3) is 1.17. The van der Waals surface area contributed by atoms with Gasteiger partial charge in [-0.2, -0.15) is 0 Å². The lowest BCUT2D eigenvalue weighted by molar-refractivity contribution is 0.243. The lowest BCUT2D eigenvalue weighted by atomic mass is 10.2. The predicted molar refractivity (Wildman–Crippen MR) is 38.8 cm³/mol. The van der Waals surface area contributed by atoms with Gasteiger partial charge in [0.1, 0.15) is 12.3 Å². The molecule has 0 aromatic carbocycles. The standard InChI is InChI=1S/C7H14N2O/c1-9(2)4-5-3-6-7(8-5)10-6/h5-8H,3-4H2,1-2H3. The van der Waals surface area contributed by atoms with Crippen LogP contribution in [0.15, 0.2) is 0 Å². The van der Waals surface area contributed by atoms with Gasteiger partial charge in [-0.05, 0) is 20.5 Å². The van der Waals surface area contributed by atoms with E-state index in [4.69, 9.17) is 4.74 Å². The summed E-state index contributed by atoms with van der Waals surface area (Å²) >= 11 is 0. The Balaban J connectivity index is 1.76. The molecular formula is C7H14N2O. The van der Waals surface area contributed by atoms with Crippen LogP contribution in [0, 0.1) is 0 Å². The number of nitrogens with zero attached hydrogens (tertiary/aromatic N) is 1. The first-order valence-corrected chi connectivity index (χ1v) is 3.82. The normalized spacial score (nSPS) is 44.1. The van der Waals surface area contributed by atoms with Gasteiger partial charge in [0.25, 0.3) is 0 Å².